The third-order valence-electron chi connectivity index (χ3n) is 2.41. The Balaban J connectivity index is 2.36. The molecule has 0 heterocycles. The zero-order chi connectivity index (χ0) is 13.9. The molecule has 0 unspecified atom stereocenters. The standard InChI is InChI=1S/C14H20O5/c1-16-7-9-18-11-12-3-5-13(6-4-12)14(15)19-10-8-17-2/h3-6H,7-11H2,1-2H3. The fraction of sp³-hybridized carbons (Fsp3) is 0.500. The summed E-state index contributed by atoms with van der Waals surface area (Å²) in [6, 6.07) is 7.15. The molecule has 0 aromatic heterocycles. The van der Waals surface area contributed by atoms with Crippen LogP contribution in [0.25, 0.3) is 0 Å². The number of carbonyl (C=O) groups is 1. The average Bonchev–Trinajstić information content (AvgIpc) is 2.44. The van der Waals surface area contributed by atoms with Crippen LogP contribution < -0.4 is 0 Å². The van der Waals surface area contributed by atoms with E-state index in [4.69, 9.17) is 18.9 Å². The summed E-state index contributed by atoms with van der Waals surface area (Å²) in [6.07, 6.45) is 0. The molecule has 0 radical (unpaired) electrons. The number of carbonyl (C=O) groups excluding carboxylic acids is 1. The highest BCUT2D eigenvalue weighted by Gasteiger charge is 2.06. The molecule has 0 aliphatic rings. The molecule has 1 rings (SSSR count). The Kier molecular flexibility index (Phi) is 7.81. The Labute approximate surface area is 113 Å². The Morgan fingerprint density at radius 1 is 0.947 bits per heavy atom. The first-order valence-electron chi connectivity index (χ1n) is 6.09. The van der Waals surface area contributed by atoms with Gasteiger partial charge in [-0.15, -0.1) is 0 Å². The molecule has 0 N–H and O–H groups in total. The van der Waals surface area contributed by atoms with E-state index < -0.39 is 0 Å². The van der Waals surface area contributed by atoms with Crippen molar-refractivity contribution >= 4 is 5.97 Å². The van der Waals surface area contributed by atoms with Gasteiger partial charge in [-0.2, -0.15) is 0 Å². The quantitative estimate of drug-likeness (QED) is 0.503. The number of methoxy groups -OCH3 is 2. The molecule has 106 valence electrons. The Bertz CT molecular complexity index is 361. The van der Waals surface area contributed by atoms with Crippen LogP contribution in [-0.2, 0) is 25.6 Å². The van der Waals surface area contributed by atoms with Gasteiger partial charge in [0.25, 0.3) is 0 Å². The molecule has 0 fully saturated rings. The number of hydrogen-bond donors (Lipinski definition) is 0. The third kappa shape index (κ3) is 6.33. The molecule has 19 heavy (non-hydrogen) atoms. The van der Waals surface area contributed by atoms with Crippen LogP contribution in [0.3, 0.4) is 0 Å². The average molecular weight is 268 g/mol. The molecule has 1 aromatic carbocycles. The molecule has 0 saturated carbocycles. The van der Waals surface area contributed by atoms with Crippen LogP contribution in [0.15, 0.2) is 24.3 Å². The number of esters is 1. The predicted octanol–water partition coefficient (Wildman–Crippen LogP) is 1.65. The number of hydrogen-bond acceptors (Lipinski definition) is 5. The van der Waals surface area contributed by atoms with Crippen molar-refractivity contribution in [3.05, 3.63) is 35.4 Å². The van der Waals surface area contributed by atoms with Gasteiger partial charge >= 0.3 is 5.97 Å². The summed E-state index contributed by atoms with van der Waals surface area (Å²) < 4.78 is 20.1. The fourth-order valence-corrected chi connectivity index (χ4v) is 1.37. The van der Waals surface area contributed by atoms with E-state index in [1.54, 1.807) is 26.4 Å². The molecule has 0 amide bonds. The topological polar surface area (TPSA) is 54.0 Å². The van der Waals surface area contributed by atoms with Crippen LogP contribution in [0.1, 0.15) is 15.9 Å². The van der Waals surface area contributed by atoms with Gasteiger partial charge in [0.05, 0.1) is 32.0 Å². The molecule has 0 saturated heterocycles. The number of rotatable bonds is 9. The summed E-state index contributed by atoms with van der Waals surface area (Å²) in [7, 11) is 3.19. The predicted molar refractivity (Wildman–Crippen MR) is 70.1 cm³/mol. The Hall–Kier alpha value is -1.43. The maximum absolute atomic E-state index is 11.6. The molecule has 1 aromatic rings. The van der Waals surface area contributed by atoms with Gasteiger partial charge in [0.15, 0.2) is 0 Å². The van der Waals surface area contributed by atoms with Crippen molar-refractivity contribution in [2.75, 3.05) is 40.6 Å². The summed E-state index contributed by atoms with van der Waals surface area (Å²) in [5, 5.41) is 0. The lowest BCUT2D eigenvalue weighted by Crippen LogP contribution is -2.10. The summed E-state index contributed by atoms with van der Waals surface area (Å²) in [5.74, 6) is -0.344. The number of benzene rings is 1. The molecule has 0 spiro atoms. The zero-order valence-corrected chi connectivity index (χ0v) is 11.4. The lowest BCUT2D eigenvalue weighted by Gasteiger charge is -2.06. The summed E-state index contributed by atoms with van der Waals surface area (Å²) in [5.41, 5.74) is 1.53. The Morgan fingerprint density at radius 2 is 1.58 bits per heavy atom. The molecule has 5 heteroatoms. The summed E-state index contributed by atoms with van der Waals surface area (Å²) in [6.45, 7) is 2.29. The first-order valence-corrected chi connectivity index (χ1v) is 6.09. The molecule has 0 aliphatic carbocycles. The van der Waals surface area contributed by atoms with Crippen molar-refractivity contribution in [1.82, 2.24) is 0 Å². The molecule has 0 aliphatic heterocycles. The SMILES string of the molecule is COCCOCc1ccc(C(=O)OCCOC)cc1. The van der Waals surface area contributed by atoms with Gasteiger partial charge in [-0.3, -0.25) is 0 Å². The van der Waals surface area contributed by atoms with Crippen LogP contribution in [-0.4, -0.2) is 46.6 Å². The van der Waals surface area contributed by atoms with Gasteiger partial charge in [0.1, 0.15) is 6.61 Å². The van der Waals surface area contributed by atoms with E-state index in [-0.39, 0.29) is 12.6 Å². The lowest BCUT2D eigenvalue weighted by atomic mass is 10.1. The molecule has 0 atom stereocenters. The minimum atomic E-state index is -0.344. The van der Waals surface area contributed by atoms with Gasteiger partial charge in [-0.1, -0.05) is 12.1 Å². The normalized spacial score (nSPS) is 10.4. The van der Waals surface area contributed by atoms with E-state index in [2.05, 4.69) is 0 Å². The van der Waals surface area contributed by atoms with Crippen molar-refractivity contribution in [2.45, 2.75) is 6.61 Å². The van der Waals surface area contributed by atoms with E-state index in [0.29, 0.717) is 32.0 Å². The van der Waals surface area contributed by atoms with Gasteiger partial charge < -0.3 is 18.9 Å². The van der Waals surface area contributed by atoms with E-state index in [0.717, 1.165) is 5.56 Å². The largest absolute Gasteiger partial charge is 0.460 e. The first kappa shape index (κ1) is 15.6. The van der Waals surface area contributed by atoms with E-state index in [1.807, 2.05) is 12.1 Å². The Morgan fingerprint density at radius 3 is 2.21 bits per heavy atom. The first-order chi connectivity index (χ1) is 9.27. The molecular formula is C14H20O5. The van der Waals surface area contributed by atoms with Crippen LogP contribution in [0.4, 0.5) is 0 Å². The number of ether oxygens (including phenoxy) is 4. The zero-order valence-electron chi connectivity index (χ0n) is 11.4. The van der Waals surface area contributed by atoms with E-state index in [1.165, 1.54) is 0 Å². The molecule has 5 nitrogen and oxygen atoms in total. The fourth-order valence-electron chi connectivity index (χ4n) is 1.37. The smallest absolute Gasteiger partial charge is 0.338 e. The minimum absolute atomic E-state index is 0.261. The van der Waals surface area contributed by atoms with Crippen LogP contribution in [0.5, 0.6) is 0 Å². The van der Waals surface area contributed by atoms with Crippen LogP contribution in [0.2, 0.25) is 0 Å². The van der Waals surface area contributed by atoms with Crippen molar-refractivity contribution in [3.63, 3.8) is 0 Å². The lowest BCUT2D eigenvalue weighted by molar-refractivity contribution is 0.0388. The summed E-state index contributed by atoms with van der Waals surface area (Å²) in [4.78, 5) is 11.6. The van der Waals surface area contributed by atoms with Crippen molar-refractivity contribution in [2.24, 2.45) is 0 Å². The second kappa shape index (κ2) is 9.49. The van der Waals surface area contributed by atoms with Crippen molar-refractivity contribution in [1.29, 1.82) is 0 Å². The van der Waals surface area contributed by atoms with Gasteiger partial charge in [0.2, 0.25) is 0 Å². The molecular weight excluding hydrogens is 248 g/mol. The van der Waals surface area contributed by atoms with Crippen LogP contribution >= 0.6 is 0 Å². The highest BCUT2D eigenvalue weighted by atomic mass is 16.6. The van der Waals surface area contributed by atoms with Crippen molar-refractivity contribution < 1.29 is 23.7 Å². The van der Waals surface area contributed by atoms with E-state index >= 15 is 0 Å². The van der Waals surface area contributed by atoms with Gasteiger partial charge in [-0.25, -0.2) is 4.79 Å². The highest BCUT2D eigenvalue weighted by Crippen LogP contribution is 2.07. The monoisotopic (exact) mass is 268 g/mol. The van der Waals surface area contributed by atoms with E-state index in [9.17, 15) is 4.79 Å². The van der Waals surface area contributed by atoms with Crippen molar-refractivity contribution in [3.8, 4) is 0 Å². The highest BCUT2D eigenvalue weighted by molar-refractivity contribution is 5.89. The minimum Gasteiger partial charge on any atom is -0.460 e. The second-order valence-electron chi connectivity index (χ2n) is 3.87. The third-order valence-corrected chi connectivity index (χ3v) is 2.41. The van der Waals surface area contributed by atoms with Gasteiger partial charge in [-0.05, 0) is 17.7 Å². The maximum Gasteiger partial charge on any atom is 0.338 e. The van der Waals surface area contributed by atoms with Gasteiger partial charge in [0, 0.05) is 14.2 Å². The van der Waals surface area contributed by atoms with Crippen LogP contribution in [0, 0.1) is 0 Å². The summed E-state index contributed by atoms with van der Waals surface area (Å²) >= 11 is 0. The second-order valence-corrected chi connectivity index (χ2v) is 3.87. The maximum atomic E-state index is 11.6. The molecule has 0 bridgehead atoms.